The molecule has 1 fully saturated rings. The van der Waals surface area contributed by atoms with Crippen molar-refractivity contribution in [1.29, 1.82) is 0 Å². The molecule has 0 spiro atoms. The van der Waals surface area contributed by atoms with Gasteiger partial charge in [0.05, 0.1) is 5.52 Å². The fourth-order valence-electron chi connectivity index (χ4n) is 4.10. The molecule has 4 rings (SSSR count). The van der Waals surface area contributed by atoms with E-state index in [2.05, 4.69) is 16.7 Å². The summed E-state index contributed by atoms with van der Waals surface area (Å²) in [5.41, 5.74) is 1.59. The average Bonchev–Trinajstić information content (AvgIpc) is 2.78. The van der Waals surface area contributed by atoms with E-state index >= 15 is 0 Å². The van der Waals surface area contributed by atoms with Crippen LogP contribution in [0.5, 0.6) is 0 Å². The lowest BCUT2D eigenvalue weighted by molar-refractivity contribution is 0.0943. The SMILES string of the molecule is CN(C)c1nc(N[C@H]2CC[C@@H](CNC(=O)c3ccc(Cl)cc3)CC2)nc2ccccc12. The maximum absolute atomic E-state index is 12.3. The van der Waals surface area contributed by atoms with Gasteiger partial charge in [-0.05, 0) is 68.0 Å². The van der Waals surface area contributed by atoms with Crippen molar-refractivity contribution < 1.29 is 4.79 Å². The highest BCUT2D eigenvalue weighted by molar-refractivity contribution is 6.30. The van der Waals surface area contributed by atoms with Crippen LogP contribution in [0.1, 0.15) is 36.0 Å². The molecule has 1 aliphatic carbocycles. The fraction of sp³-hybridized carbons (Fsp3) is 0.375. The van der Waals surface area contributed by atoms with Crippen LogP contribution in [0.15, 0.2) is 48.5 Å². The second-order valence-electron chi connectivity index (χ2n) is 8.36. The maximum Gasteiger partial charge on any atom is 0.251 e. The Bertz CT molecular complexity index is 1050. The quantitative estimate of drug-likeness (QED) is 0.582. The standard InChI is InChI=1S/C24H28ClN5O/c1-30(2)22-20-5-3-4-6-21(20)28-24(29-22)27-19-13-7-16(8-14-19)15-26-23(31)17-9-11-18(25)12-10-17/h3-6,9-12,16,19H,7-8,13-15H2,1-2H3,(H,26,31)(H,27,28,29)/t16-,19+. The predicted molar refractivity (Wildman–Crippen MR) is 127 cm³/mol. The number of carbonyl (C=O) groups is 1. The molecule has 3 aromatic rings. The number of anilines is 2. The van der Waals surface area contributed by atoms with E-state index in [0.29, 0.717) is 35.0 Å². The van der Waals surface area contributed by atoms with E-state index in [1.54, 1.807) is 24.3 Å². The summed E-state index contributed by atoms with van der Waals surface area (Å²) in [6, 6.07) is 15.4. The van der Waals surface area contributed by atoms with Gasteiger partial charge in [0.1, 0.15) is 5.82 Å². The monoisotopic (exact) mass is 437 g/mol. The number of para-hydroxylation sites is 1. The first-order chi connectivity index (χ1) is 15.0. The molecule has 0 unspecified atom stereocenters. The zero-order valence-corrected chi connectivity index (χ0v) is 18.7. The zero-order valence-electron chi connectivity index (χ0n) is 17.9. The van der Waals surface area contributed by atoms with Gasteiger partial charge in [-0.1, -0.05) is 23.7 Å². The molecule has 0 bridgehead atoms. The Balaban J connectivity index is 1.31. The smallest absolute Gasteiger partial charge is 0.251 e. The number of nitrogens with zero attached hydrogens (tertiary/aromatic N) is 3. The summed E-state index contributed by atoms with van der Waals surface area (Å²) in [4.78, 5) is 23.8. The average molecular weight is 438 g/mol. The lowest BCUT2D eigenvalue weighted by atomic mass is 9.86. The molecule has 7 heteroatoms. The van der Waals surface area contributed by atoms with Gasteiger partial charge in [-0.25, -0.2) is 4.98 Å². The molecule has 162 valence electrons. The van der Waals surface area contributed by atoms with Crippen molar-refractivity contribution >= 4 is 40.2 Å². The zero-order chi connectivity index (χ0) is 21.8. The van der Waals surface area contributed by atoms with Gasteiger partial charge in [0.2, 0.25) is 5.95 Å². The molecule has 1 heterocycles. The number of aromatic nitrogens is 2. The summed E-state index contributed by atoms with van der Waals surface area (Å²) in [5, 5.41) is 8.28. The van der Waals surface area contributed by atoms with Crippen molar-refractivity contribution in [2.75, 3.05) is 30.9 Å². The van der Waals surface area contributed by atoms with Crippen LogP contribution in [0.25, 0.3) is 10.9 Å². The molecule has 31 heavy (non-hydrogen) atoms. The molecule has 1 aliphatic rings. The van der Waals surface area contributed by atoms with E-state index in [4.69, 9.17) is 21.6 Å². The first-order valence-corrected chi connectivity index (χ1v) is 11.1. The Labute approximate surface area is 188 Å². The number of hydrogen-bond donors (Lipinski definition) is 2. The second kappa shape index (κ2) is 9.52. The van der Waals surface area contributed by atoms with E-state index in [1.807, 2.05) is 37.2 Å². The van der Waals surface area contributed by atoms with Crippen LogP contribution in [-0.2, 0) is 0 Å². The van der Waals surface area contributed by atoms with Crippen LogP contribution >= 0.6 is 11.6 Å². The molecule has 2 aromatic carbocycles. The highest BCUT2D eigenvalue weighted by Crippen LogP contribution is 2.28. The van der Waals surface area contributed by atoms with Gasteiger partial charge in [-0.2, -0.15) is 4.98 Å². The molecule has 0 atom stereocenters. The van der Waals surface area contributed by atoms with Gasteiger partial charge >= 0.3 is 0 Å². The Kier molecular flexibility index (Phi) is 6.56. The van der Waals surface area contributed by atoms with Crippen molar-refractivity contribution in [2.24, 2.45) is 5.92 Å². The number of fused-ring (bicyclic) bond motifs is 1. The van der Waals surface area contributed by atoms with Gasteiger partial charge in [-0.3, -0.25) is 4.79 Å². The summed E-state index contributed by atoms with van der Waals surface area (Å²) in [7, 11) is 4.00. The number of nitrogens with one attached hydrogen (secondary N) is 2. The summed E-state index contributed by atoms with van der Waals surface area (Å²) >= 11 is 5.89. The van der Waals surface area contributed by atoms with E-state index < -0.39 is 0 Å². The van der Waals surface area contributed by atoms with Crippen molar-refractivity contribution in [3.05, 3.63) is 59.1 Å². The molecular formula is C24H28ClN5O. The summed E-state index contributed by atoms with van der Waals surface area (Å²) in [6.07, 6.45) is 4.20. The third-order valence-corrected chi connectivity index (χ3v) is 6.10. The Hall–Kier alpha value is -2.86. The molecule has 0 radical (unpaired) electrons. The third-order valence-electron chi connectivity index (χ3n) is 5.84. The lowest BCUT2D eigenvalue weighted by Gasteiger charge is -2.29. The Morgan fingerprint density at radius 1 is 1.03 bits per heavy atom. The highest BCUT2D eigenvalue weighted by Gasteiger charge is 2.23. The molecule has 1 amide bonds. The lowest BCUT2D eigenvalue weighted by Crippen LogP contribution is -2.34. The number of amides is 1. The predicted octanol–water partition coefficient (Wildman–Crippen LogP) is 4.75. The van der Waals surface area contributed by atoms with Crippen LogP contribution in [0, 0.1) is 5.92 Å². The van der Waals surface area contributed by atoms with Gasteiger partial charge in [0.15, 0.2) is 0 Å². The number of rotatable bonds is 6. The molecule has 6 nitrogen and oxygen atoms in total. The van der Waals surface area contributed by atoms with Crippen molar-refractivity contribution in [2.45, 2.75) is 31.7 Å². The minimum absolute atomic E-state index is 0.0438. The molecular weight excluding hydrogens is 410 g/mol. The maximum atomic E-state index is 12.3. The van der Waals surface area contributed by atoms with E-state index in [-0.39, 0.29) is 5.91 Å². The number of halogens is 1. The molecule has 1 aromatic heterocycles. The summed E-state index contributed by atoms with van der Waals surface area (Å²) < 4.78 is 0. The van der Waals surface area contributed by atoms with Crippen LogP contribution in [-0.4, -0.2) is 42.6 Å². The topological polar surface area (TPSA) is 70.2 Å². The van der Waals surface area contributed by atoms with E-state index in [9.17, 15) is 4.79 Å². The van der Waals surface area contributed by atoms with Crippen LogP contribution in [0.2, 0.25) is 5.02 Å². The Morgan fingerprint density at radius 2 is 1.74 bits per heavy atom. The molecule has 1 saturated carbocycles. The minimum Gasteiger partial charge on any atom is -0.362 e. The molecule has 0 aliphatic heterocycles. The van der Waals surface area contributed by atoms with E-state index in [1.165, 1.54) is 0 Å². The van der Waals surface area contributed by atoms with Crippen molar-refractivity contribution in [3.8, 4) is 0 Å². The van der Waals surface area contributed by atoms with Crippen LogP contribution in [0.3, 0.4) is 0 Å². The van der Waals surface area contributed by atoms with Gasteiger partial charge in [-0.15, -0.1) is 0 Å². The third kappa shape index (κ3) is 5.25. The minimum atomic E-state index is -0.0438. The Morgan fingerprint density at radius 3 is 2.45 bits per heavy atom. The highest BCUT2D eigenvalue weighted by atomic mass is 35.5. The number of carbonyl (C=O) groups excluding carboxylic acids is 1. The second-order valence-corrected chi connectivity index (χ2v) is 8.80. The first kappa shape index (κ1) is 21.4. The fourth-order valence-corrected chi connectivity index (χ4v) is 4.23. The van der Waals surface area contributed by atoms with Gasteiger partial charge in [0, 0.05) is 42.7 Å². The largest absolute Gasteiger partial charge is 0.362 e. The first-order valence-electron chi connectivity index (χ1n) is 10.7. The van der Waals surface area contributed by atoms with E-state index in [0.717, 1.165) is 42.4 Å². The van der Waals surface area contributed by atoms with Crippen LogP contribution in [0.4, 0.5) is 11.8 Å². The molecule has 0 saturated heterocycles. The van der Waals surface area contributed by atoms with Gasteiger partial charge < -0.3 is 15.5 Å². The normalized spacial score (nSPS) is 18.5. The number of benzene rings is 2. The summed E-state index contributed by atoms with van der Waals surface area (Å²) in [5.74, 6) is 2.05. The van der Waals surface area contributed by atoms with Crippen LogP contribution < -0.4 is 15.5 Å². The molecule has 2 N–H and O–H groups in total. The summed E-state index contributed by atoms with van der Waals surface area (Å²) in [6.45, 7) is 0.700. The number of hydrogen-bond acceptors (Lipinski definition) is 5. The van der Waals surface area contributed by atoms with Gasteiger partial charge in [0.25, 0.3) is 5.91 Å². The van der Waals surface area contributed by atoms with Crippen molar-refractivity contribution in [1.82, 2.24) is 15.3 Å². The van der Waals surface area contributed by atoms with Crippen molar-refractivity contribution in [3.63, 3.8) is 0 Å².